The number of rotatable bonds is 2. The minimum Gasteiger partial charge on any atom is -0.330 e. The Kier molecular flexibility index (Phi) is 59.8. The lowest BCUT2D eigenvalue weighted by atomic mass is 10.3. The summed E-state index contributed by atoms with van der Waals surface area (Å²) in [5.41, 5.74) is 5.14. The molecule has 0 radical (unpaired) electrons. The van der Waals surface area contributed by atoms with Crippen LogP contribution in [-0.2, 0) is 0 Å². The molecule has 0 saturated carbocycles. The monoisotopic (exact) mass is 147 g/mol. The molecule has 1 nitrogen and oxygen atoms in total. The molecule has 66 valence electrons. The fourth-order valence-corrected chi connectivity index (χ4v) is 0.204. The second kappa shape index (κ2) is 36.2. The van der Waals surface area contributed by atoms with Crippen molar-refractivity contribution in [2.75, 3.05) is 6.54 Å². The number of nitrogens with two attached hydrogens (primary N) is 1. The van der Waals surface area contributed by atoms with E-state index in [9.17, 15) is 0 Å². The Morgan fingerprint density at radius 3 is 1.30 bits per heavy atom. The van der Waals surface area contributed by atoms with Gasteiger partial charge in [-0.1, -0.05) is 47.5 Å². The molecule has 0 heterocycles. The van der Waals surface area contributed by atoms with Crippen LogP contribution in [-0.4, -0.2) is 6.54 Å². The lowest BCUT2D eigenvalue weighted by molar-refractivity contribution is 0.807. The highest BCUT2D eigenvalue weighted by Gasteiger charge is 1.67. The maximum atomic E-state index is 5.14. The molecule has 0 atom stereocenters. The summed E-state index contributed by atoms with van der Waals surface area (Å²) in [6.45, 7) is 11.2. The van der Waals surface area contributed by atoms with Crippen LogP contribution in [0.3, 0.4) is 0 Å². The van der Waals surface area contributed by atoms with E-state index in [0.717, 1.165) is 6.54 Å². The third-order valence-corrected chi connectivity index (χ3v) is 0.558. The van der Waals surface area contributed by atoms with Crippen molar-refractivity contribution in [3.63, 3.8) is 0 Å². The molecule has 0 amide bonds. The van der Waals surface area contributed by atoms with Crippen molar-refractivity contribution in [3.05, 3.63) is 0 Å². The van der Waals surface area contributed by atoms with E-state index in [4.69, 9.17) is 5.73 Å². The molecule has 1 heteroatoms. The Balaban J connectivity index is -0.0000000847. The Morgan fingerprint density at radius 1 is 1.00 bits per heavy atom. The van der Waals surface area contributed by atoms with Crippen LogP contribution < -0.4 is 5.73 Å². The van der Waals surface area contributed by atoms with Gasteiger partial charge >= 0.3 is 0 Å². The van der Waals surface area contributed by atoms with Crippen LogP contribution >= 0.6 is 0 Å². The van der Waals surface area contributed by atoms with Gasteiger partial charge in [0.25, 0.3) is 0 Å². The Morgan fingerprint density at radius 2 is 1.30 bits per heavy atom. The summed E-state index contributed by atoms with van der Waals surface area (Å²) in [6.07, 6.45) is 3.64. The minimum atomic E-state index is 0.844. The summed E-state index contributed by atoms with van der Waals surface area (Å²) in [4.78, 5) is 0. The van der Waals surface area contributed by atoms with Crippen molar-refractivity contribution in [1.29, 1.82) is 0 Å². The quantitative estimate of drug-likeness (QED) is 0.638. The molecule has 0 aliphatic carbocycles. The summed E-state index contributed by atoms with van der Waals surface area (Å²) in [6, 6.07) is 0. The highest BCUT2D eigenvalue weighted by molar-refractivity contribution is 4.29. The zero-order valence-corrected chi connectivity index (χ0v) is 8.41. The van der Waals surface area contributed by atoms with Crippen LogP contribution in [0.4, 0.5) is 0 Å². The van der Waals surface area contributed by atoms with Crippen molar-refractivity contribution >= 4 is 0 Å². The Bertz CT molecular complexity index is 18.7. The van der Waals surface area contributed by atoms with Crippen LogP contribution in [0, 0.1) is 0 Å². The Labute approximate surface area is 67.0 Å². The number of unbranched alkanes of at least 4 members (excludes halogenated alkanes) is 1. The topological polar surface area (TPSA) is 26.0 Å². The van der Waals surface area contributed by atoms with Gasteiger partial charge in [0.1, 0.15) is 0 Å². The van der Waals surface area contributed by atoms with Gasteiger partial charge in [-0.2, -0.15) is 0 Å². The van der Waals surface area contributed by atoms with Gasteiger partial charge in [-0.25, -0.2) is 0 Å². The minimum absolute atomic E-state index is 0.844. The number of hydrogen-bond donors (Lipinski definition) is 1. The molecular formula is C9H25N. The number of hydrogen-bond acceptors (Lipinski definition) is 1. The van der Waals surface area contributed by atoms with Gasteiger partial charge in [-0.15, -0.1) is 0 Å². The van der Waals surface area contributed by atoms with Crippen molar-refractivity contribution < 1.29 is 0 Å². The molecule has 0 unspecified atom stereocenters. The van der Waals surface area contributed by atoms with Crippen LogP contribution in [0.25, 0.3) is 0 Å². The normalized spacial score (nSPS) is 6.60. The van der Waals surface area contributed by atoms with Crippen LogP contribution in [0.15, 0.2) is 0 Å². The second-order valence-corrected chi connectivity index (χ2v) is 1.85. The van der Waals surface area contributed by atoms with Gasteiger partial charge < -0.3 is 5.73 Å². The average Bonchev–Trinajstić information content (AvgIpc) is 1.96. The average molecular weight is 147 g/mol. The van der Waals surface area contributed by atoms with E-state index in [2.05, 4.69) is 20.8 Å². The van der Waals surface area contributed by atoms with Gasteiger partial charge in [0.2, 0.25) is 0 Å². The molecule has 0 aromatic rings. The summed E-state index contributed by atoms with van der Waals surface area (Å²) < 4.78 is 0. The fraction of sp³-hybridized carbons (Fsp3) is 1.00. The molecule has 0 bridgehead atoms. The van der Waals surface area contributed by atoms with E-state index < -0.39 is 0 Å². The summed E-state index contributed by atoms with van der Waals surface area (Å²) in [5, 5.41) is 0. The highest BCUT2D eigenvalue weighted by Crippen LogP contribution is 1.77. The SMILES string of the molecule is CC.CCC.CCCCN. The predicted octanol–water partition coefficient (Wildman–Crippen LogP) is 3.19. The van der Waals surface area contributed by atoms with Crippen LogP contribution in [0.1, 0.15) is 53.9 Å². The van der Waals surface area contributed by atoms with Gasteiger partial charge in [0.15, 0.2) is 0 Å². The lowest BCUT2D eigenvalue weighted by Crippen LogP contribution is -1.95. The van der Waals surface area contributed by atoms with E-state index >= 15 is 0 Å². The third kappa shape index (κ3) is 100. The first kappa shape index (κ1) is 16.5. The highest BCUT2D eigenvalue weighted by atomic mass is 14.5. The molecule has 0 saturated heterocycles. The summed E-state index contributed by atoms with van der Waals surface area (Å²) in [5.74, 6) is 0. The van der Waals surface area contributed by atoms with E-state index in [-0.39, 0.29) is 0 Å². The van der Waals surface area contributed by atoms with Crippen LogP contribution in [0.5, 0.6) is 0 Å². The lowest BCUT2D eigenvalue weighted by Gasteiger charge is -1.80. The first-order valence-corrected chi connectivity index (χ1v) is 4.53. The van der Waals surface area contributed by atoms with Crippen molar-refractivity contribution in [2.45, 2.75) is 53.9 Å². The standard InChI is InChI=1S/C4H11N.C3H8.C2H6/c1-2-3-4-5;1-3-2;1-2/h2-5H2,1H3;3H2,1-2H3;1-2H3. The molecular weight excluding hydrogens is 122 g/mol. The molecule has 10 heavy (non-hydrogen) atoms. The van der Waals surface area contributed by atoms with E-state index in [1.807, 2.05) is 13.8 Å². The summed E-state index contributed by atoms with van der Waals surface area (Å²) in [7, 11) is 0. The predicted molar refractivity (Wildman–Crippen MR) is 51.3 cm³/mol. The molecule has 0 spiro atoms. The molecule has 0 rings (SSSR count). The zero-order chi connectivity index (χ0) is 8.83. The smallest absolute Gasteiger partial charge is 0.00774 e. The molecule has 0 aliphatic rings. The van der Waals surface area contributed by atoms with E-state index in [1.54, 1.807) is 0 Å². The van der Waals surface area contributed by atoms with Crippen molar-refractivity contribution in [2.24, 2.45) is 5.73 Å². The Hall–Kier alpha value is -0.0400. The van der Waals surface area contributed by atoms with Crippen molar-refractivity contribution in [1.82, 2.24) is 0 Å². The molecule has 0 aromatic heterocycles. The van der Waals surface area contributed by atoms with E-state index in [1.165, 1.54) is 19.3 Å². The first-order valence-electron chi connectivity index (χ1n) is 4.53. The van der Waals surface area contributed by atoms with Gasteiger partial charge in [0.05, 0.1) is 0 Å². The largest absolute Gasteiger partial charge is 0.330 e. The van der Waals surface area contributed by atoms with Crippen molar-refractivity contribution in [3.8, 4) is 0 Å². The van der Waals surface area contributed by atoms with Gasteiger partial charge in [0, 0.05) is 0 Å². The fourth-order valence-electron chi connectivity index (χ4n) is 0.204. The van der Waals surface area contributed by atoms with Crippen LogP contribution in [0.2, 0.25) is 0 Å². The van der Waals surface area contributed by atoms with Gasteiger partial charge in [-0.05, 0) is 13.0 Å². The van der Waals surface area contributed by atoms with E-state index in [0.29, 0.717) is 0 Å². The molecule has 0 aliphatic heterocycles. The maximum absolute atomic E-state index is 5.14. The third-order valence-electron chi connectivity index (χ3n) is 0.558. The maximum Gasteiger partial charge on any atom is -0.00774 e. The first-order chi connectivity index (χ1) is 4.83. The molecule has 0 fully saturated rings. The second-order valence-electron chi connectivity index (χ2n) is 1.85. The molecule has 2 N–H and O–H groups in total. The molecule has 0 aromatic carbocycles. The van der Waals surface area contributed by atoms with Gasteiger partial charge in [-0.3, -0.25) is 0 Å². The summed E-state index contributed by atoms with van der Waals surface area (Å²) >= 11 is 0. The zero-order valence-electron chi connectivity index (χ0n) is 8.41.